The minimum atomic E-state index is -0.108. The molecule has 0 aliphatic carbocycles. The second-order valence-electron chi connectivity index (χ2n) is 4.63. The molecule has 0 saturated heterocycles. The molecular weight excluding hydrogens is 252 g/mol. The van der Waals surface area contributed by atoms with E-state index in [0.29, 0.717) is 0 Å². The standard InChI is InChI=1S/C16H18N2O2/c1-12-5-7-14(8-6-12)18-16(20)10-17-15-4-2-3-13(9-15)11-19/h2-9,17,19H,10-11H2,1H3,(H,18,20). The smallest absolute Gasteiger partial charge is 0.243 e. The average molecular weight is 270 g/mol. The first kappa shape index (κ1) is 14.1. The number of hydrogen-bond donors (Lipinski definition) is 3. The number of rotatable bonds is 5. The van der Waals surface area contributed by atoms with Crippen LogP contribution in [0.15, 0.2) is 48.5 Å². The first-order valence-electron chi connectivity index (χ1n) is 6.47. The minimum absolute atomic E-state index is 0.00885. The van der Waals surface area contributed by atoms with Gasteiger partial charge in [-0.25, -0.2) is 0 Å². The summed E-state index contributed by atoms with van der Waals surface area (Å²) in [4.78, 5) is 11.8. The summed E-state index contributed by atoms with van der Waals surface area (Å²) in [6.07, 6.45) is 0. The van der Waals surface area contributed by atoms with Crippen molar-refractivity contribution in [1.29, 1.82) is 0 Å². The monoisotopic (exact) mass is 270 g/mol. The van der Waals surface area contributed by atoms with Crippen molar-refractivity contribution < 1.29 is 9.90 Å². The maximum absolute atomic E-state index is 11.8. The molecule has 1 amide bonds. The van der Waals surface area contributed by atoms with Crippen LogP contribution in [0.5, 0.6) is 0 Å². The summed E-state index contributed by atoms with van der Waals surface area (Å²) < 4.78 is 0. The van der Waals surface area contributed by atoms with Gasteiger partial charge in [0.15, 0.2) is 0 Å². The second kappa shape index (κ2) is 6.73. The lowest BCUT2D eigenvalue weighted by Crippen LogP contribution is -2.21. The number of aliphatic hydroxyl groups excluding tert-OH is 1. The van der Waals surface area contributed by atoms with Gasteiger partial charge < -0.3 is 15.7 Å². The van der Waals surface area contributed by atoms with Gasteiger partial charge in [-0.15, -0.1) is 0 Å². The molecule has 0 aromatic heterocycles. The highest BCUT2D eigenvalue weighted by Gasteiger charge is 2.02. The lowest BCUT2D eigenvalue weighted by Gasteiger charge is -2.09. The third kappa shape index (κ3) is 4.10. The molecule has 4 nitrogen and oxygen atoms in total. The van der Waals surface area contributed by atoms with E-state index in [0.717, 1.165) is 22.5 Å². The van der Waals surface area contributed by atoms with Gasteiger partial charge in [0.1, 0.15) is 0 Å². The zero-order valence-electron chi connectivity index (χ0n) is 11.4. The number of aryl methyl sites for hydroxylation is 1. The van der Waals surface area contributed by atoms with E-state index in [-0.39, 0.29) is 19.1 Å². The molecule has 0 heterocycles. The Labute approximate surface area is 118 Å². The molecule has 0 unspecified atom stereocenters. The summed E-state index contributed by atoms with van der Waals surface area (Å²) in [5, 5.41) is 14.9. The van der Waals surface area contributed by atoms with Crippen LogP contribution in [0, 0.1) is 6.92 Å². The quantitative estimate of drug-likeness (QED) is 0.782. The maximum Gasteiger partial charge on any atom is 0.243 e. The Morgan fingerprint density at radius 1 is 1.10 bits per heavy atom. The summed E-state index contributed by atoms with van der Waals surface area (Å²) in [5.74, 6) is -0.108. The predicted octanol–water partition coefficient (Wildman–Crippen LogP) is 2.54. The zero-order valence-corrected chi connectivity index (χ0v) is 11.4. The van der Waals surface area contributed by atoms with E-state index in [1.54, 1.807) is 0 Å². The molecule has 2 aromatic rings. The van der Waals surface area contributed by atoms with Crippen LogP contribution in [0.2, 0.25) is 0 Å². The third-order valence-electron chi connectivity index (χ3n) is 2.90. The van der Waals surface area contributed by atoms with Crippen molar-refractivity contribution in [3.8, 4) is 0 Å². The van der Waals surface area contributed by atoms with E-state index in [9.17, 15) is 4.79 Å². The van der Waals surface area contributed by atoms with Crippen LogP contribution in [0.4, 0.5) is 11.4 Å². The van der Waals surface area contributed by atoms with Crippen LogP contribution in [0.3, 0.4) is 0 Å². The summed E-state index contributed by atoms with van der Waals surface area (Å²) in [6.45, 7) is 2.18. The Balaban J connectivity index is 1.87. The molecule has 0 spiro atoms. The molecule has 3 N–H and O–H groups in total. The van der Waals surface area contributed by atoms with Crippen LogP contribution in [-0.4, -0.2) is 17.6 Å². The maximum atomic E-state index is 11.8. The van der Waals surface area contributed by atoms with E-state index >= 15 is 0 Å². The van der Waals surface area contributed by atoms with Crippen LogP contribution >= 0.6 is 0 Å². The Bertz CT molecular complexity index is 579. The van der Waals surface area contributed by atoms with E-state index in [1.165, 1.54) is 0 Å². The molecule has 4 heteroatoms. The Kier molecular flexibility index (Phi) is 4.74. The van der Waals surface area contributed by atoms with Gasteiger partial charge >= 0.3 is 0 Å². The molecule has 0 saturated carbocycles. The Morgan fingerprint density at radius 2 is 1.85 bits per heavy atom. The molecule has 0 bridgehead atoms. The number of amides is 1. The molecule has 0 aliphatic heterocycles. The van der Waals surface area contributed by atoms with Crippen LogP contribution in [0.25, 0.3) is 0 Å². The normalized spacial score (nSPS) is 10.1. The molecule has 104 valence electrons. The first-order valence-corrected chi connectivity index (χ1v) is 6.47. The molecule has 2 rings (SSSR count). The van der Waals surface area contributed by atoms with E-state index < -0.39 is 0 Å². The van der Waals surface area contributed by atoms with Crippen molar-refractivity contribution in [2.75, 3.05) is 17.2 Å². The lowest BCUT2D eigenvalue weighted by atomic mass is 10.2. The second-order valence-corrected chi connectivity index (χ2v) is 4.63. The number of carbonyl (C=O) groups is 1. The van der Waals surface area contributed by atoms with Gasteiger partial charge in [-0.1, -0.05) is 29.8 Å². The highest BCUT2D eigenvalue weighted by atomic mass is 16.3. The van der Waals surface area contributed by atoms with E-state index in [2.05, 4.69) is 10.6 Å². The van der Waals surface area contributed by atoms with Crippen molar-refractivity contribution in [3.05, 3.63) is 59.7 Å². The van der Waals surface area contributed by atoms with Crippen LogP contribution < -0.4 is 10.6 Å². The third-order valence-corrected chi connectivity index (χ3v) is 2.90. The summed E-state index contributed by atoms with van der Waals surface area (Å²) in [5.41, 5.74) is 3.57. The van der Waals surface area contributed by atoms with Gasteiger partial charge in [0.05, 0.1) is 13.2 Å². The van der Waals surface area contributed by atoms with Gasteiger partial charge in [0.25, 0.3) is 0 Å². The summed E-state index contributed by atoms with van der Waals surface area (Å²) in [7, 11) is 0. The lowest BCUT2D eigenvalue weighted by molar-refractivity contribution is -0.114. The number of hydrogen-bond acceptors (Lipinski definition) is 3. The predicted molar refractivity (Wildman–Crippen MR) is 80.7 cm³/mol. The Morgan fingerprint density at radius 3 is 2.55 bits per heavy atom. The van der Waals surface area contributed by atoms with Crippen molar-refractivity contribution in [3.63, 3.8) is 0 Å². The summed E-state index contributed by atoms with van der Waals surface area (Å²) >= 11 is 0. The molecule has 0 aliphatic rings. The zero-order chi connectivity index (χ0) is 14.4. The molecule has 2 aromatic carbocycles. The van der Waals surface area contributed by atoms with Crippen molar-refractivity contribution in [2.45, 2.75) is 13.5 Å². The molecular formula is C16H18N2O2. The summed E-state index contributed by atoms with van der Waals surface area (Å²) in [6, 6.07) is 15.0. The van der Waals surface area contributed by atoms with Gasteiger partial charge in [-0.05, 0) is 36.8 Å². The van der Waals surface area contributed by atoms with E-state index in [1.807, 2.05) is 55.5 Å². The fraction of sp³-hybridized carbons (Fsp3) is 0.188. The van der Waals surface area contributed by atoms with Gasteiger partial charge in [0, 0.05) is 11.4 Å². The molecule has 0 radical (unpaired) electrons. The van der Waals surface area contributed by atoms with Crippen molar-refractivity contribution in [2.24, 2.45) is 0 Å². The van der Waals surface area contributed by atoms with Crippen molar-refractivity contribution >= 4 is 17.3 Å². The van der Waals surface area contributed by atoms with Crippen LogP contribution in [-0.2, 0) is 11.4 Å². The number of benzene rings is 2. The van der Waals surface area contributed by atoms with E-state index in [4.69, 9.17) is 5.11 Å². The first-order chi connectivity index (χ1) is 9.67. The van der Waals surface area contributed by atoms with Gasteiger partial charge in [-0.3, -0.25) is 4.79 Å². The SMILES string of the molecule is Cc1ccc(NC(=O)CNc2cccc(CO)c2)cc1. The minimum Gasteiger partial charge on any atom is -0.392 e. The molecule has 0 atom stereocenters. The fourth-order valence-electron chi connectivity index (χ4n) is 1.80. The molecule has 0 fully saturated rings. The number of carbonyl (C=O) groups excluding carboxylic acids is 1. The van der Waals surface area contributed by atoms with Gasteiger partial charge in [-0.2, -0.15) is 0 Å². The highest BCUT2D eigenvalue weighted by Crippen LogP contribution is 2.11. The number of anilines is 2. The fourth-order valence-corrected chi connectivity index (χ4v) is 1.80. The van der Waals surface area contributed by atoms with Crippen LogP contribution in [0.1, 0.15) is 11.1 Å². The van der Waals surface area contributed by atoms with Crippen molar-refractivity contribution in [1.82, 2.24) is 0 Å². The largest absolute Gasteiger partial charge is 0.392 e. The number of aliphatic hydroxyl groups is 1. The van der Waals surface area contributed by atoms with Gasteiger partial charge in [0.2, 0.25) is 5.91 Å². The molecule has 20 heavy (non-hydrogen) atoms. The Hall–Kier alpha value is -2.33. The number of nitrogens with one attached hydrogen (secondary N) is 2. The topological polar surface area (TPSA) is 61.4 Å². The average Bonchev–Trinajstić information content (AvgIpc) is 2.48. The highest BCUT2D eigenvalue weighted by molar-refractivity contribution is 5.93.